The summed E-state index contributed by atoms with van der Waals surface area (Å²) in [5, 5.41) is 11.1. The Labute approximate surface area is 205 Å². The van der Waals surface area contributed by atoms with Crippen molar-refractivity contribution in [1.82, 2.24) is 15.1 Å². The van der Waals surface area contributed by atoms with E-state index in [0.717, 1.165) is 19.6 Å². The zero-order chi connectivity index (χ0) is 24.0. The predicted molar refractivity (Wildman–Crippen MR) is 141 cm³/mol. The first-order valence-electron chi connectivity index (χ1n) is 14.2. The molecule has 0 aromatic rings. The monoisotopic (exact) mass is 465 g/mol. The van der Waals surface area contributed by atoms with Crippen molar-refractivity contribution < 1.29 is 9.90 Å². The van der Waals surface area contributed by atoms with Crippen LogP contribution in [0.25, 0.3) is 0 Å². The molecule has 1 fully saturated rings. The third-order valence-corrected chi connectivity index (χ3v) is 6.83. The average molecular weight is 466 g/mol. The molecule has 0 bridgehead atoms. The maximum absolute atomic E-state index is 9.00. The van der Waals surface area contributed by atoms with E-state index in [4.69, 9.17) is 9.90 Å². The summed E-state index contributed by atoms with van der Waals surface area (Å²) in [6, 6.07) is 0.761. The highest BCUT2D eigenvalue weighted by Crippen LogP contribution is 2.15. The smallest absolute Gasteiger partial charge is 0.300 e. The molecule has 194 valence electrons. The van der Waals surface area contributed by atoms with Gasteiger partial charge in [0.25, 0.3) is 5.97 Å². The van der Waals surface area contributed by atoms with Crippen LogP contribution >= 0.6 is 0 Å². The molecule has 5 nitrogen and oxygen atoms in total. The number of unbranched alkanes of at least 4 members (excludes halogenated alkanes) is 13. The Kier molecular flexibility index (Phi) is 19.2. The molecule has 1 atom stereocenters. The number of aliphatic carboxylic acids is 1. The molecule has 0 radical (unpaired) electrons. The minimum absolute atomic E-state index is 0.761. The predicted octanol–water partition coefficient (Wildman–Crippen LogP) is 7.14. The summed E-state index contributed by atoms with van der Waals surface area (Å²) < 4.78 is 0. The Morgan fingerprint density at radius 2 is 1.30 bits per heavy atom. The molecule has 0 aromatic heterocycles. The first kappa shape index (κ1) is 29.8. The number of carbonyl (C=O) groups is 1. The van der Waals surface area contributed by atoms with Crippen LogP contribution in [0.5, 0.6) is 0 Å². The number of nitrogens with one attached hydrogen (secondary N) is 1. The third kappa shape index (κ3) is 18.8. The van der Waals surface area contributed by atoms with Crippen LogP contribution in [0.2, 0.25) is 0 Å². The second-order valence-electron chi connectivity index (χ2n) is 10.1. The van der Waals surface area contributed by atoms with Gasteiger partial charge in [-0.05, 0) is 32.2 Å². The van der Waals surface area contributed by atoms with Gasteiger partial charge in [0.1, 0.15) is 0 Å². The molecule has 2 aliphatic heterocycles. The maximum Gasteiger partial charge on any atom is 0.300 e. The summed E-state index contributed by atoms with van der Waals surface area (Å²) >= 11 is 0. The van der Waals surface area contributed by atoms with Crippen molar-refractivity contribution in [2.24, 2.45) is 0 Å². The molecule has 0 aliphatic carbocycles. The number of hydrogen-bond donors (Lipinski definition) is 2. The molecule has 0 amide bonds. The summed E-state index contributed by atoms with van der Waals surface area (Å²) in [7, 11) is 0. The Morgan fingerprint density at radius 3 is 1.79 bits per heavy atom. The van der Waals surface area contributed by atoms with Crippen LogP contribution in [-0.4, -0.2) is 53.2 Å². The van der Waals surface area contributed by atoms with E-state index in [1.54, 1.807) is 0 Å². The van der Waals surface area contributed by atoms with Crippen LogP contribution in [-0.2, 0) is 4.79 Å². The first-order chi connectivity index (χ1) is 16.1. The van der Waals surface area contributed by atoms with Crippen molar-refractivity contribution in [2.45, 2.75) is 135 Å². The fraction of sp³-hybridized carbons (Fsp3) is 0.893. The SMILES string of the molecule is CC(=O)O.CCCCCCCCCCCCCCCCN1C=CN(CCC2CCCCN2)C1. The van der Waals surface area contributed by atoms with Crippen molar-refractivity contribution >= 4 is 5.97 Å². The molecule has 1 saturated heterocycles. The number of carboxylic acid groups (broad SMARTS) is 1. The van der Waals surface area contributed by atoms with Crippen LogP contribution in [0.15, 0.2) is 12.4 Å². The normalized spacial score (nSPS) is 17.8. The van der Waals surface area contributed by atoms with Crippen molar-refractivity contribution in [1.29, 1.82) is 0 Å². The zero-order valence-electron chi connectivity index (χ0n) is 22.0. The quantitative estimate of drug-likeness (QED) is 0.211. The van der Waals surface area contributed by atoms with Gasteiger partial charge in [-0.3, -0.25) is 4.79 Å². The minimum Gasteiger partial charge on any atom is -0.481 e. The van der Waals surface area contributed by atoms with Gasteiger partial charge in [-0.15, -0.1) is 0 Å². The summed E-state index contributed by atoms with van der Waals surface area (Å²) in [5.74, 6) is -0.833. The van der Waals surface area contributed by atoms with Gasteiger partial charge in [0.2, 0.25) is 0 Å². The van der Waals surface area contributed by atoms with Gasteiger partial charge in [-0.25, -0.2) is 0 Å². The molecule has 0 aromatic carbocycles. The second-order valence-corrected chi connectivity index (χ2v) is 10.1. The van der Waals surface area contributed by atoms with Crippen LogP contribution in [0.4, 0.5) is 0 Å². The molecule has 0 spiro atoms. The van der Waals surface area contributed by atoms with Gasteiger partial charge in [-0.2, -0.15) is 0 Å². The highest BCUT2D eigenvalue weighted by Gasteiger charge is 2.16. The molecule has 5 heteroatoms. The van der Waals surface area contributed by atoms with E-state index < -0.39 is 5.97 Å². The van der Waals surface area contributed by atoms with E-state index in [9.17, 15) is 0 Å². The fourth-order valence-electron chi connectivity index (χ4n) is 4.81. The fourth-order valence-corrected chi connectivity index (χ4v) is 4.81. The van der Waals surface area contributed by atoms with E-state index in [1.807, 2.05) is 0 Å². The Balaban J connectivity index is 0.00000125. The first-order valence-corrected chi connectivity index (χ1v) is 14.2. The Morgan fingerprint density at radius 1 is 0.818 bits per heavy atom. The summed E-state index contributed by atoms with van der Waals surface area (Å²) in [4.78, 5) is 14.0. The van der Waals surface area contributed by atoms with E-state index in [1.165, 1.54) is 135 Å². The highest BCUT2D eigenvalue weighted by atomic mass is 16.4. The Bertz CT molecular complexity index is 474. The van der Waals surface area contributed by atoms with Crippen molar-refractivity contribution in [3.05, 3.63) is 12.4 Å². The van der Waals surface area contributed by atoms with Gasteiger partial charge >= 0.3 is 0 Å². The Hall–Kier alpha value is -1.23. The number of nitrogens with zero attached hydrogens (tertiary/aromatic N) is 2. The summed E-state index contributed by atoms with van der Waals surface area (Å²) in [6.45, 7) is 8.18. The van der Waals surface area contributed by atoms with Crippen molar-refractivity contribution in [3.63, 3.8) is 0 Å². The van der Waals surface area contributed by atoms with Gasteiger partial charge in [0.05, 0.1) is 6.67 Å². The third-order valence-electron chi connectivity index (χ3n) is 6.83. The lowest BCUT2D eigenvalue weighted by Crippen LogP contribution is -2.37. The molecule has 33 heavy (non-hydrogen) atoms. The van der Waals surface area contributed by atoms with E-state index in [0.29, 0.717) is 0 Å². The number of piperidine rings is 1. The van der Waals surface area contributed by atoms with Crippen LogP contribution in [0.1, 0.15) is 129 Å². The lowest BCUT2D eigenvalue weighted by molar-refractivity contribution is -0.134. The summed E-state index contributed by atoms with van der Waals surface area (Å²) in [6.07, 6.45) is 30.3. The largest absolute Gasteiger partial charge is 0.481 e. The van der Waals surface area contributed by atoms with Crippen molar-refractivity contribution in [3.8, 4) is 0 Å². The molecular weight excluding hydrogens is 410 g/mol. The molecule has 2 aliphatic rings. The molecule has 2 N–H and O–H groups in total. The van der Waals surface area contributed by atoms with Crippen LogP contribution in [0, 0.1) is 0 Å². The topological polar surface area (TPSA) is 55.8 Å². The van der Waals surface area contributed by atoms with Gasteiger partial charge in [0.15, 0.2) is 0 Å². The second kappa shape index (κ2) is 21.3. The van der Waals surface area contributed by atoms with E-state index in [-0.39, 0.29) is 0 Å². The zero-order valence-corrected chi connectivity index (χ0v) is 22.0. The summed E-state index contributed by atoms with van der Waals surface area (Å²) in [5.41, 5.74) is 0. The molecular formula is C28H55N3O2. The van der Waals surface area contributed by atoms with E-state index in [2.05, 4.69) is 34.4 Å². The van der Waals surface area contributed by atoms with Gasteiger partial charge in [0, 0.05) is 38.5 Å². The molecule has 1 unspecified atom stereocenters. The van der Waals surface area contributed by atoms with Crippen LogP contribution < -0.4 is 5.32 Å². The average Bonchev–Trinajstić information content (AvgIpc) is 3.26. The number of rotatable bonds is 18. The lowest BCUT2D eigenvalue weighted by atomic mass is 10.0. The van der Waals surface area contributed by atoms with Crippen LogP contribution in [0.3, 0.4) is 0 Å². The molecule has 2 heterocycles. The van der Waals surface area contributed by atoms with Crippen molar-refractivity contribution in [2.75, 3.05) is 26.3 Å². The molecule has 2 rings (SSSR count). The number of hydrogen-bond acceptors (Lipinski definition) is 4. The van der Waals surface area contributed by atoms with Gasteiger partial charge in [-0.1, -0.05) is 96.8 Å². The minimum atomic E-state index is -0.833. The molecule has 0 saturated carbocycles. The lowest BCUT2D eigenvalue weighted by Gasteiger charge is -2.26. The standard InChI is InChI=1S/C26H51N3.C2H4O2/c1-2-3-4-5-6-7-8-9-10-11-12-13-14-17-21-28-23-24-29(25-28)22-19-26-18-15-16-20-27-26;1-2(3)4/h23-24,26-27H,2-22,25H2,1H3;1H3,(H,3,4). The number of carboxylic acids is 1. The highest BCUT2D eigenvalue weighted by molar-refractivity contribution is 5.62. The maximum atomic E-state index is 9.00. The van der Waals surface area contributed by atoms with Gasteiger partial charge < -0.3 is 20.2 Å². The van der Waals surface area contributed by atoms with E-state index >= 15 is 0 Å².